The molecule has 0 saturated heterocycles. The standard InChI is InChI=1S/C15H26N4S.HI/c1-10-6-5-7-13(8-10)19-15(16-4)17-9-14-11(2)18-12(3)20-14;/h10,13H,5-9H2,1-4H3,(H2,16,17,19);1H. The maximum absolute atomic E-state index is 4.46. The number of hydrogen-bond acceptors (Lipinski definition) is 3. The van der Waals surface area contributed by atoms with Crippen molar-refractivity contribution in [3.63, 3.8) is 0 Å². The van der Waals surface area contributed by atoms with Crippen molar-refractivity contribution in [3.05, 3.63) is 15.6 Å². The zero-order chi connectivity index (χ0) is 14.5. The fourth-order valence-corrected chi connectivity index (χ4v) is 3.73. The number of rotatable bonds is 3. The number of nitrogens with zero attached hydrogens (tertiary/aromatic N) is 2. The summed E-state index contributed by atoms with van der Waals surface area (Å²) in [6.07, 6.45) is 5.19. The van der Waals surface area contributed by atoms with Gasteiger partial charge in [0, 0.05) is 18.0 Å². The first-order chi connectivity index (χ1) is 9.58. The Kier molecular flexibility index (Phi) is 7.94. The zero-order valence-electron chi connectivity index (χ0n) is 13.4. The molecule has 0 radical (unpaired) electrons. The van der Waals surface area contributed by atoms with Crippen molar-refractivity contribution in [2.24, 2.45) is 10.9 Å². The third-order valence-electron chi connectivity index (χ3n) is 3.92. The van der Waals surface area contributed by atoms with Crippen LogP contribution in [0.4, 0.5) is 0 Å². The Hall–Kier alpha value is -0.370. The van der Waals surface area contributed by atoms with E-state index in [1.54, 1.807) is 11.3 Å². The highest BCUT2D eigenvalue weighted by Crippen LogP contribution is 2.23. The normalized spacial score (nSPS) is 22.6. The highest BCUT2D eigenvalue weighted by molar-refractivity contribution is 14.0. The number of aliphatic imine (C=N–C) groups is 1. The summed E-state index contributed by atoms with van der Waals surface area (Å²) in [4.78, 5) is 10.1. The van der Waals surface area contributed by atoms with Crippen molar-refractivity contribution in [3.8, 4) is 0 Å². The lowest BCUT2D eigenvalue weighted by molar-refractivity contribution is 0.324. The number of thiazole rings is 1. The molecule has 1 saturated carbocycles. The van der Waals surface area contributed by atoms with Crippen LogP contribution in [0.2, 0.25) is 0 Å². The van der Waals surface area contributed by atoms with Crippen LogP contribution in [-0.2, 0) is 6.54 Å². The number of aromatic nitrogens is 1. The predicted molar refractivity (Wildman–Crippen MR) is 102 cm³/mol. The summed E-state index contributed by atoms with van der Waals surface area (Å²) < 4.78 is 0. The summed E-state index contributed by atoms with van der Waals surface area (Å²) in [7, 11) is 1.84. The molecule has 0 spiro atoms. The third-order valence-corrected chi connectivity index (χ3v) is 4.99. The van der Waals surface area contributed by atoms with E-state index in [9.17, 15) is 0 Å². The number of hydrogen-bond donors (Lipinski definition) is 2. The average Bonchev–Trinajstić information content (AvgIpc) is 2.73. The van der Waals surface area contributed by atoms with Crippen LogP contribution >= 0.6 is 35.3 Å². The minimum Gasteiger partial charge on any atom is -0.354 e. The topological polar surface area (TPSA) is 49.3 Å². The average molecular weight is 422 g/mol. The van der Waals surface area contributed by atoms with Crippen LogP contribution in [0.3, 0.4) is 0 Å². The van der Waals surface area contributed by atoms with Crippen LogP contribution in [0.15, 0.2) is 4.99 Å². The molecule has 0 aliphatic heterocycles. The van der Waals surface area contributed by atoms with E-state index in [0.29, 0.717) is 6.04 Å². The quantitative estimate of drug-likeness (QED) is 0.445. The van der Waals surface area contributed by atoms with Gasteiger partial charge in [0.15, 0.2) is 5.96 Å². The number of aryl methyl sites for hydroxylation is 2. The molecule has 2 N–H and O–H groups in total. The molecule has 2 atom stereocenters. The van der Waals surface area contributed by atoms with Gasteiger partial charge >= 0.3 is 0 Å². The van der Waals surface area contributed by atoms with E-state index in [0.717, 1.165) is 29.1 Å². The molecule has 4 nitrogen and oxygen atoms in total. The van der Waals surface area contributed by atoms with E-state index in [1.807, 2.05) is 7.05 Å². The Morgan fingerprint density at radius 3 is 2.71 bits per heavy atom. The fourth-order valence-electron chi connectivity index (χ4n) is 2.85. The monoisotopic (exact) mass is 422 g/mol. The van der Waals surface area contributed by atoms with Gasteiger partial charge in [-0.3, -0.25) is 4.99 Å². The first kappa shape index (κ1) is 18.7. The Morgan fingerprint density at radius 2 is 2.14 bits per heavy atom. The van der Waals surface area contributed by atoms with E-state index >= 15 is 0 Å². The minimum absolute atomic E-state index is 0. The van der Waals surface area contributed by atoms with Gasteiger partial charge in [-0.25, -0.2) is 4.98 Å². The van der Waals surface area contributed by atoms with Crippen LogP contribution in [-0.4, -0.2) is 24.0 Å². The SMILES string of the molecule is CN=C(NCc1sc(C)nc1C)NC1CCCC(C)C1.I. The van der Waals surface area contributed by atoms with Gasteiger partial charge in [0.25, 0.3) is 0 Å². The van der Waals surface area contributed by atoms with Gasteiger partial charge in [-0.1, -0.05) is 19.8 Å². The molecule has 120 valence electrons. The fraction of sp³-hybridized carbons (Fsp3) is 0.733. The molecule has 0 amide bonds. The van der Waals surface area contributed by atoms with E-state index in [-0.39, 0.29) is 24.0 Å². The lowest BCUT2D eigenvalue weighted by Gasteiger charge is -2.28. The number of halogens is 1. The van der Waals surface area contributed by atoms with E-state index < -0.39 is 0 Å². The molecule has 1 aromatic rings. The molecule has 1 fully saturated rings. The molecule has 1 aliphatic rings. The van der Waals surface area contributed by atoms with Crippen molar-refractivity contribution < 1.29 is 0 Å². The second-order valence-electron chi connectivity index (χ2n) is 5.78. The van der Waals surface area contributed by atoms with Gasteiger partial charge in [0.2, 0.25) is 0 Å². The van der Waals surface area contributed by atoms with Crippen molar-refractivity contribution in [2.75, 3.05) is 7.05 Å². The van der Waals surface area contributed by atoms with Crippen molar-refractivity contribution in [1.29, 1.82) is 0 Å². The number of nitrogens with one attached hydrogen (secondary N) is 2. The molecule has 0 bridgehead atoms. The summed E-state index contributed by atoms with van der Waals surface area (Å²) in [5.74, 6) is 1.74. The van der Waals surface area contributed by atoms with E-state index in [4.69, 9.17) is 0 Å². The maximum atomic E-state index is 4.46. The predicted octanol–water partition coefficient (Wildman–Crippen LogP) is 3.62. The summed E-state index contributed by atoms with van der Waals surface area (Å²) >= 11 is 1.76. The van der Waals surface area contributed by atoms with Crippen LogP contribution < -0.4 is 10.6 Å². The van der Waals surface area contributed by atoms with Gasteiger partial charge in [0.1, 0.15) is 0 Å². The lowest BCUT2D eigenvalue weighted by atomic mass is 9.87. The van der Waals surface area contributed by atoms with E-state index in [1.165, 1.54) is 30.6 Å². The maximum Gasteiger partial charge on any atom is 0.191 e. The van der Waals surface area contributed by atoms with Crippen molar-refractivity contribution in [1.82, 2.24) is 15.6 Å². The molecule has 2 rings (SSSR count). The summed E-state index contributed by atoms with van der Waals surface area (Å²) in [5.41, 5.74) is 1.13. The largest absolute Gasteiger partial charge is 0.354 e. The van der Waals surface area contributed by atoms with Gasteiger partial charge in [0.05, 0.1) is 17.2 Å². The zero-order valence-corrected chi connectivity index (χ0v) is 16.5. The smallest absolute Gasteiger partial charge is 0.191 e. The minimum atomic E-state index is 0. The van der Waals surface area contributed by atoms with Gasteiger partial charge in [-0.05, 0) is 32.6 Å². The first-order valence-corrected chi connectivity index (χ1v) is 8.30. The van der Waals surface area contributed by atoms with E-state index in [2.05, 4.69) is 41.4 Å². The Morgan fingerprint density at radius 1 is 1.38 bits per heavy atom. The van der Waals surface area contributed by atoms with Crippen molar-refractivity contribution >= 4 is 41.3 Å². The molecule has 6 heteroatoms. The molecular weight excluding hydrogens is 395 g/mol. The second-order valence-corrected chi connectivity index (χ2v) is 7.07. The molecule has 1 heterocycles. The van der Waals surface area contributed by atoms with Crippen LogP contribution in [0.5, 0.6) is 0 Å². The summed E-state index contributed by atoms with van der Waals surface area (Å²) in [5, 5.41) is 8.10. The lowest BCUT2D eigenvalue weighted by Crippen LogP contribution is -2.44. The highest BCUT2D eigenvalue weighted by atomic mass is 127. The second kappa shape index (κ2) is 8.92. The van der Waals surface area contributed by atoms with Crippen LogP contribution in [0.1, 0.15) is 48.2 Å². The Bertz CT molecular complexity index is 472. The summed E-state index contributed by atoms with van der Waals surface area (Å²) in [6.45, 7) is 7.27. The molecule has 2 unspecified atom stereocenters. The Balaban J connectivity index is 0.00000220. The van der Waals surface area contributed by atoms with Gasteiger partial charge in [-0.2, -0.15) is 0 Å². The first-order valence-electron chi connectivity index (χ1n) is 7.48. The highest BCUT2D eigenvalue weighted by Gasteiger charge is 2.19. The van der Waals surface area contributed by atoms with Gasteiger partial charge < -0.3 is 10.6 Å². The molecule has 21 heavy (non-hydrogen) atoms. The molecular formula is C15H27IN4S. The molecule has 1 aliphatic carbocycles. The molecule has 1 aromatic heterocycles. The molecule has 0 aromatic carbocycles. The Labute approximate surface area is 149 Å². The van der Waals surface area contributed by atoms with Crippen LogP contribution in [0.25, 0.3) is 0 Å². The van der Waals surface area contributed by atoms with Crippen LogP contribution in [0, 0.1) is 19.8 Å². The third kappa shape index (κ3) is 5.73. The summed E-state index contributed by atoms with van der Waals surface area (Å²) in [6, 6.07) is 0.564. The van der Waals surface area contributed by atoms with Gasteiger partial charge in [-0.15, -0.1) is 35.3 Å². The number of guanidine groups is 1. The van der Waals surface area contributed by atoms with Crippen molar-refractivity contribution in [2.45, 2.75) is 59.0 Å².